The minimum absolute atomic E-state index is 0.140. The Balaban J connectivity index is 1.34. The lowest BCUT2D eigenvalue weighted by Gasteiger charge is -2.17. The fourth-order valence-corrected chi connectivity index (χ4v) is 5.57. The highest BCUT2D eigenvalue weighted by Gasteiger charge is 2.35. The van der Waals surface area contributed by atoms with Gasteiger partial charge in [-0.25, -0.2) is 8.42 Å². The van der Waals surface area contributed by atoms with Crippen LogP contribution in [0.2, 0.25) is 0 Å². The first kappa shape index (κ1) is 19.6. The summed E-state index contributed by atoms with van der Waals surface area (Å²) in [5, 5.41) is 7.02. The summed E-state index contributed by atoms with van der Waals surface area (Å²) in [5.74, 6) is -0.210. The van der Waals surface area contributed by atoms with Crippen molar-refractivity contribution < 1.29 is 17.7 Å². The van der Waals surface area contributed by atoms with Crippen molar-refractivity contribution in [2.24, 2.45) is 0 Å². The highest BCUT2D eigenvalue weighted by atomic mass is 32.2. The molecular weight excluding hydrogens is 414 g/mol. The molecule has 152 valence electrons. The molecule has 0 aromatic carbocycles. The van der Waals surface area contributed by atoms with Crippen molar-refractivity contribution in [3.05, 3.63) is 49.0 Å². The average molecular weight is 434 g/mol. The summed E-state index contributed by atoms with van der Waals surface area (Å²) in [4.78, 5) is 18.9. The van der Waals surface area contributed by atoms with Gasteiger partial charge in [0.25, 0.3) is 10.0 Å². The van der Waals surface area contributed by atoms with E-state index in [0.29, 0.717) is 36.6 Å². The van der Waals surface area contributed by atoms with Crippen LogP contribution < -0.4 is 10.0 Å². The van der Waals surface area contributed by atoms with E-state index in [0.717, 1.165) is 17.0 Å². The Morgan fingerprint density at radius 1 is 1.21 bits per heavy atom. The smallest absolute Gasteiger partial charge is 0.250 e. The Labute approximate surface area is 171 Å². The molecule has 0 bridgehead atoms. The lowest BCUT2D eigenvalue weighted by Crippen LogP contribution is -2.42. The minimum atomic E-state index is -3.79. The molecule has 1 fully saturated rings. The summed E-state index contributed by atoms with van der Waals surface area (Å²) in [6, 6.07) is 7.78. The van der Waals surface area contributed by atoms with Crippen LogP contribution in [-0.4, -0.2) is 55.0 Å². The van der Waals surface area contributed by atoms with E-state index >= 15 is 0 Å². The molecule has 4 heterocycles. The van der Waals surface area contributed by atoms with Gasteiger partial charge in [-0.15, -0.1) is 11.3 Å². The number of sulfonamides is 1. The van der Waals surface area contributed by atoms with Gasteiger partial charge in [-0.2, -0.15) is 4.72 Å². The fourth-order valence-electron chi connectivity index (χ4n) is 3.06. The zero-order valence-electron chi connectivity index (χ0n) is 15.3. The maximum atomic E-state index is 12.7. The quantitative estimate of drug-likeness (QED) is 0.556. The molecule has 3 aromatic heterocycles. The highest BCUT2D eigenvalue weighted by Crippen LogP contribution is 2.30. The van der Waals surface area contributed by atoms with E-state index in [-0.39, 0.29) is 10.1 Å². The predicted octanol–water partition coefficient (Wildman–Crippen LogP) is 1.79. The van der Waals surface area contributed by atoms with Crippen molar-refractivity contribution in [3.63, 3.8) is 0 Å². The van der Waals surface area contributed by atoms with Crippen molar-refractivity contribution in [2.75, 3.05) is 25.0 Å². The van der Waals surface area contributed by atoms with E-state index in [1.807, 2.05) is 12.1 Å². The van der Waals surface area contributed by atoms with Gasteiger partial charge in [-0.05, 0) is 30.7 Å². The summed E-state index contributed by atoms with van der Waals surface area (Å²) in [6.07, 6.45) is 5.24. The van der Waals surface area contributed by atoms with E-state index in [1.54, 1.807) is 29.4 Å². The second-order valence-corrected chi connectivity index (χ2v) is 9.48. The fraction of sp³-hybridized carbons (Fsp3) is 0.278. The van der Waals surface area contributed by atoms with Gasteiger partial charge in [0.2, 0.25) is 5.91 Å². The number of hydrogen-bond acceptors (Lipinski definition) is 8. The number of anilines is 1. The Bertz CT molecular complexity index is 1070. The molecule has 9 nitrogen and oxygen atoms in total. The molecule has 0 radical (unpaired) electrons. The molecule has 1 atom stereocenters. The van der Waals surface area contributed by atoms with E-state index in [9.17, 15) is 13.2 Å². The number of nitrogens with zero attached hydrogens (tertiary/aromatic N) is 3. The monoisotopic (exact) mass is 433 g/mol. The Kier molecular flexibility index (Phi) is 5.60. The molecule has 0 spiro atoms. The summed E-state index contributed by atoms with van der Waals surface area (Å²) in [6.45, 7) is 1.58. The van der Waals surface area contributed by atoms with Crippen molar-refractivity contribution >= 4 is 33.0 Å². The van der Waals surface area contributed by atoms with Gasteiger partial charge in [0.1, 0.15) is 22.2 Å². The second kappa shape index (κ2) is 8.31. The lowest BCUT2D eigenvalue weighted by molar-refractivity contribution is -0.128. The van der Waals surface area contributed by atoms with Crippen LogP contribution in [0.25, 0.3) is 10.6 Å². The maximum Gasteiger partial charge on any atom is 0.250 e. The van der Waals surface area contributed by atoms with Crippen LogP contribution in [0, 0.1) is 0 Å². The molecule has 0 saturated carbocycles. The standard InChI is InChI=1S/C18H19N5O4S2/c24-18-15(5-10-23(18)11-9-20-13-3-7-19-8-4-13)22-29(25,26)17-2-1-16(28-17)14-6-12-27-21-14/h1-4,6-8,12,15,22H,5,9-11H2,(H,19,20)/t15-/m0/s1. The van der Waals surface area contributed by atoms with Gasteiger partial charge in [0, 0.05) is 43.8 Å². The molecule has 1 saturated heterocycles. The molecule has 29 heavy (non-hydrogen) atoms. The van der Waals surface area contributed by atoms with Crippen LogP contribution >= 0.6 is 11.3 Å². The molecule has 0 aliphatic carbocycles. The van der Waals surface area contributed by atoms with Gasteiger partial charge in [0.15, 0.2) is 0 Å². The number of pyridine rings is 1. The first-order chi connectivity index (χ1) is 14.0. The topological polar surface area (TPSA) is 117 Å². The molecular formula is C18H19N5O4S2. The Hall–Kier alpha value is -2.76. The Morgan fingerprint density at radius 2 is 2.03 bits per heavy atom. The third-order valence-corrected chi connectivity index (χ3v) is 7.59. The summed E-state index contributed by atoms with van der Waals surface area (Å²) < 4.78 is 32.8. The first-order valence-corrected chi connectivity index (χ1v) is 11.3. The number of carbonyl (C=O) groups is 1. The van der Waals surface area contributed by atoms with Crippen LogP contribution in [0.1, 0.15) is 6.42 Å². The summed E-state index contributed by atoms with van der Waals surface area (Å²) in [7, 11) is -3.79. The molecule has 4 rings (SSSR count). The van der Waals surface area contributed by atoms with Crippen LogP contribution in [-0.2, 0) is 14.8 Å². The largest absolute Gasteiger partial charge is 0.383 e. The molecule has 1 aliphatic heterocycles. The number of likely N-dealkylation sites (tertiary alicyclic amines) is 1. The van der Waals surface area contributed by atoms with Crippen LogP contribution in [0.3, 0.4) is 0 Å². The number of hydrogen-bond donors (Lipinski definition) is 2. The molecule has 11 heteroatoms. The van der Waals surface area contributed by atoms with Gasteiger partial charge < -0.3 is 14.7 Å². The van der Waals surface area contributed by atoms with Gasteiger partial charge >= 0.3 is 0 Å². The number of aromatic nitrogens is 2. The third kappa shape index (κ3) is 4.47. The van der Waals surface area contributed by atoms with Crippen LogP contribution in [0.5, 0.6) is 0 Å². The molecule has 1 amide bonds. The van der Waals surface area contributed by atoms with Crippen LogP contribution in [0.15, 0.2) is 57.7 Å². The van der Waals surface area contributed by atoms with E-state index < -0.39 is 16.1 Å². The van der Waals surface area contributed by atoms with Gasteiger partial charge in [-0.3, -0.25) is 9.78 Å². The van der Waals surface area contributed by atoms with Gasteiger partial charge in [-0.1, -0.05) is 5.16 Å². The lowest BCUT2D eigenvalue weighted by atomic mass is 10.3. The van der Waals surface area contributed by atoms with Crippen LogP contribution in [0.4, 0.5) is 5.69 Å². The van der Waals surface area contributed by atoms with Crippen molar-refractivity contribution in [1.82, 2.24) is 19.8 Å². The minimum Gasteiger partial charge on any atom is -0.383 e. The van der Waals surface area contributed by atoms with Crippen molar-refractivity contribution in [1.29, 1.82) is 0 Å². The third-order valence-electron chi connectivity index (χ3n) is 4.52. The Morgan fingerprint density at radius 3 is 2.79 bits per heavy atom. The average Bonchev–Trinajstić information content (AvgIpc) is 3.46. The molecule has 2 N–H and O–H groups in total. The van der Waals surface area contributed by atoms with Crippen molar-refractivity contribution in [3.8, 4) is 10.6 Å². The molecule has 0 unspecified atom stereocenters. The second-order valence-electron chi connectivity index (χ2n) is 6.45. The van der Waals surface area contributed by atoms with E-state index in [4.69, 9.17) is 4.52 Å². The maximum absolute atomic E-state index is 12.7. The zero-order chi connectivity index (χ0) is 20.3. The number of thiophene rings is 1. The number of carbonyl (C=O) groups excluding carboxylic acids is 1. The van der Waals surface area contributed by atoms with E-state index in [2.05, 4.69) is 20.2 Å². The molecule has 1 aliphatic rings. The number of nitrogens with one attached hydrogen (secondary N) is 2. The predicted molar refractivity (Wildman–Crippen MR) is 108 cm³/mol. The SMILES string of the molecule is O=C1[C@@H](NS(=O)(=O)c2ccc(-c3ccon3)s2)CCN1CCNc1ccncc1. The number of rotatable bonds is 8. The summed E-state index contributed by atoms with van der Waals surface area (Å²) >= 11 is 1.08. The zero-order valence-corrected chi connectivity index (χ0v) is 16.9. The van der Waals surface area contributed by atoms with E-state index in [1.165, 1.54) is 12.3 Å². The normalized spacial score (nSPS) is 17.0. The first-order valence-electron chi connectivity index (χ1n) is 8.98. The molecule has 3 aromatic rings. The van der Waals surface area contributed by atoms with Crippen molar-refractivity contribution in [2.45, 2.75) is 16.7 Å². The number of amides is 1. The van der Waals surface area contributed by atoms with Gasteiger partial charge in [0.05, 0.1) is 4.88 Å². The highest BCUT2D eigenvalue weighted by molar-refractivity contribution is 7.91. The summed E-state index contributed by atoms with van der Waals surface area (Å²) in [5.41, 5.74) is 1.49.